The molecule has 0 unspecified atom stereocenters. The number of furan rings is 1. The van der Waals surface area contributed by atoms with Crippen LogP contribution in [0.5, 0.6) is 0 Å². The minimum absolute atomic E-state index is 0.0344. The van der Waals surface area contributed by atoms with Crippen LogP contribution in [0, 0.1) is 0 Å². The van der Waals surface area contributed by atoms with Gasteiger partial charge < -0.3 is 19.8 Å². The van der Waals surface area contributed by atoms with Crippen molar-refractivity contribution in [1.82, 2.24) is 15.2 Å². The second-order valence-electron chi connectivity index (χ2n) is 8.25. The molecule has 0 aliphatic carbocycles. The van der Waals surface area contributed by atoms with Gasteiger partial charge in [0.15, 0.2) is 0 Å². The molecule has 0 spiro atoms. The summed E-state index contributed by atoms with van der Waals surface area (Å²) in [6.45, 7) is 2.04. The Labute approximate surface area is 192 Å². The van der Waals surface area contributed by atoms with E-state index in [0.717, 1.165) is 26.9 Å². The van der Waals surface area contributed by atoms with Crippen molar-refractivity contribution in [1.29, 1.82) is 0 Å². The van der Waals surface area contributed by atoms with Gasteiger partial charge in [-0.25, -0.2) is 4.79 Å². The predicted octanol–water partition coefficient (Wildman–Crippen LogP) is 4.60. The van der Waals surface area contributed by atoms with Gasteiger partial charge in [0.25, 0.3) is 0 Å². The van der Waals surface area contributed by atoms with Gasteiger partial charge in [-0.05, 0) is 42.7 Å². The van der Waals surface area contributed by atoms with Crippen LogP contribution in [0.3, 0.4) is 0 Å². The fourth-order valence-corrected chi connectivity index (χ4v) is 4.11. The molecule has 33 heavy (non-hydrogen) atoms. The third-order valence-corrected chi connectivity index (χ3v) is 5.96. The lowest BCUT2D eigenvalue weighted by Gasteiger charge is -2.38. The molecule has 4 rings (SSSR count). The minimum atomic E-state index is -1.36. The van der Waals surface area contributed by atoms with Gasteiger partial charge in [-0.3, -0.25) is 9.69 Å². The average molecular weight is 446 g/mol. The van der Waals surface area contributed by atoms with Crippen LogP contribution in [0.25, 0.3) is 10.9 Å². The first-order chi connectivity index (χ1) is 16.0. The average Bonchev–Trinajstić information content (AvgIpc) is 3.48. The number of nitrogens with one attached hydrogen (secondary N) is 2. The van der Waals surface area contributed by atoms with Gasteiger partial charge in [-0.1, -0.05) is 48.5 Å². The summed E-state index contributed by atoms with van der Waals surface area (Å²) in [6.07, 6.45) is 3.01. The maximum atomic E-state index is 13.5. The minimum Gasteiger partial charge on any atom is -0.467 e. The second-order valence-corrected chi connectivity index (χ2v) is 8.25. The summed E-state index contributed by atoms with van der Waals surface area (Å²) >= 11 is 0. The third-order valence-electron chi connectivity index (χ3n) is 5.96. The molecule has 0 fully saturated rings. The largest absolute Gasteiger partial charge is 0.467 e. The molecule has 1 atom stereocenters. The van der Waals surface area contributed by atoms with Crippen molar-refractivity contribution < 1.29 is 19.1 Å². The van der Waals surface area contributed by atoms with Crippen LogP contribution >= 0.6 is 0 Å². The van der Waals surface area contributed by atoms with E-state index in [1.54, 1.807) is 19.1 Å². The molecular weight excluding hydrogens is 418 g/mol. The number of fused-ring (bicyclic) bond motifs is 1. The molecule has 7 heteroatoms. The van der Waals surface area contributed by atoms with E-state index in [-0.39, 0.29) is 18.9 Å². The maximum Gasteiger partial charge on any atom is 0.408 e. The van der Waals surface area contributed by atoms with E-state index in [1.807, 2.05) is 60.8 Å². The number of carboxylic acid groups (broad SMARTS) is 1. The van der Waals surface area contributed by atoms with Crippen LogP contribution in [0.2, 0.25) is 0 Å². The number of hydrogen-bond acceptors (Lipinski definition) is 3. The molecule has 2 aromatic heterocycles. The third kappa shape index (κ3) is 4.92. The Bertz CT molecular complexity index is 1220. The van der Waals surface area contributed by atoms with Crippen molar-refractivity contribution in [3.8, 4) is 0 Å². The maximum absolute atomic E-state index is 13.5. The van der Waals surface area contributed by atoms with Crippen LogP contribution in [0.1, 0.15) is 23.8 Å². The molecule has 170 valence electrons. The molecule has 0 aliphatic rings. The summed E-state index contributed by atoms with van der Waals surface area (Å²) < 4.78 is 5.39. The van der Waals surface area contributed by atoms with Gasteiger partial charge in [0, 0.05) is 30.1 Å². The summed E-state index contributed by atoms with van der Waals surface area (Å²) in [5, 5.41) is 14.0. The Balaban J connectivity index is 1.62. The van der Waals surface area contributed by atoms with E-state index < -0.39 is 11.6 Å². The van der Waals surface area contributed by atoms with E-state index in [9.17, 15) is 14.7 Å². The first kappa shape index (κ1) is 22.2. The van der Waals surface area contributed by atoms with Crippen LogP contribution in [-0.2, 0) is 24.2 Å². The summed E-state index contributed by atoms with van der Waals surface area (Å²) in [7, 11) is 0. The standard InChI is InChI=1S/C26H27N3O4/c1-26(29(25(31)32)18-21-10-7-15-33-21,16-20-17-28-23-12-6-5-11-22(20)23)24(30)27-14-13-19-8-3-2-4-9-19/h2-12,15,17,28H,13-14,16,18H2,1H3,(H,27,30)(H,31,32)/t26-/m0/s1. The van der Waals surface area contributed by atoms with E-state index in [1.165, 1.54) is 6.26 Å². The van der Waals surface area contributed by atoms with Gasteiger partial charge in [0.1, 0.15) is 11.3 Å². The van der Waals surface area contributed by atoms with Crippen LogP contribution < -0.4 is 5.32 Å². The highest BCUT2D eigenvalue weighted by molar-refractivity contribution is 5.91. The molecule has 7 nitrogen and oxygen atoms in total. The molecule has 2 amide bonds. The van der Waals surface area contributed by atoms with Gasteiger partial charge in [0.2, 0.25) is 5.91 Å². The van der Waals surface area contributed by atoms with Crippen molar-refractivity contribution in [3.63, 3.8) is 0 Å². The first-order valence-corrected chi connectivity index (χ1v) is 10.9. The number of hydrogen-bond donors (Lipinski definition) is 3. The quantitative estimate of drug-likeness (QED) is 0.351. The van der Waals surface area contributed by atoms with Crippen molar-refractivity contribution in [2.75, 3.05) is 6.54 Å². The van der Waals surface area contributed by atoms with Gasteiger partial charge in [0.05, 0.1) is 12.8 Å². The Morgan fingerprint density at radius 2 is 1.82 bits per heavy atom. The fourth-order valence-electron chi connectivity index (χ4n) is 4.11. The lowest BCUT2D eigenvalue weighted by atomic mass is 9.89. The zero-order chi connectivity index (χ0) is 23.3. The summed E-state index contributed by atoms with van der Waals surface area (Å²) in [5.41, 5.74) is 1.55. The number of aromatic amines is 1. The number of rotatable bonds is 9. The van der Waals surface area contributed by atoms with Crippen molar-refractivity contribution >= 4 is 22.9 Å². The normalized spacial score (nSPS) is 12.9. The monoisotopic (exact) mass is 445 g/mol. The number of nitrogens with zero attached hydrogens (tertiary/aromatic N) is 1. The first-order valence-electron chi connectivity index (χ1n) is 10.9. The van der Waals surface area contributed by atoms with E-state index in [2.05, 4.69) is 10.3 Å². The highest BCUT2D eigenvalue weighted by atomic mass is 16.4. The molecule has 0 saturated heterocycles. The summed E-state index contributed by atoms with van der Waals surface area (Å²) in [4.78, 5) is 30.3. The molecule has 0 radical (unpaired) electrons. The smallest absolute Gasteiger partial charge is 0.408 e. The summed E-state index contributed by atoms with van der Waals surface area (Å²) in [5.74, 6) is 0.123. The molecule has 2 aromatic carbocycles. The zero-order valence-corrected chi connectivity index (χ0v) is 18.5. The summed E-state index contributed by atoms with van der Waals surface area (Å²) in [6, 6.07) is 21.0. The van der Waals surface area contributed by atoms with Crippen molar-refractivity contribution in [2.24, 2.45) is 0 Å². The van der Waals surface area contributed by atoms with Crippen LogP contribution in [-0.4, -0.2) is 39.1 Å². The molecule has 4 aromatic rings. The number of H-pyrrole nitrogens is 1. The highest BCUT2D eigenvalue weighted by Crippen LogP contribution is 2.28. The number of para-hydroxylation sites is 1. The van der Waals surface area contributed by atoms with E-state index in [4.69, 9.17) is 4.42 Å². The second kappa shape index (κ2) is 9.65. The highest BCUT2D eigenvalue weighted by Gasteiger charge is 2.43. The topological polar surface area (TPSA) is 98.6 Å². The Kier molecular flexibility index (Phi) is 6.49. The van der Waals surface area contributed by atoms with E-state index >= 15 is 0 Å². The zero-order valence-electron chi connectivity index (χ0n) is 18.5. The lowest BCUT2D eigenvalue weighted by Crippen LogP contribution is -2.59. The molecule has 0 bridgehead atoms. The fraction of sp³-hybridized carbons (Fsp3) is 0.231. The number of carbonyl (C=O) groups is 2. The van der Waals surface area contributed by atoms with Crippen molar-refractivity contribution in [2.45, 2.75) is 31.8 Å². The Morgan fingerprint density at radius 3 is 2.55 bits per heavy atom. The number of amides is 2. The van der Waals surface area contributed by atoms with Crippen LogP contribution in [0.15, 0.2) is 83.6 Å². The molecule has 0 saturated carbocycles. The number of carbonyl (C=O) groups excluding carboxylic acids is 1. The molecular formula is C26H27N3O4. The molecule has 3 N–H and O–H groups in total. The number of aromatic nitrogens is 1. The van der Waals surface area contributed by atoms with Crippen LogP contribution in [0.4, 0.5) is 4.79 Å². The SMILES string of the molecule is C[C@](Cc1c[nH]c2ccccc12)(C(=O)NCCc1ccccc1)N(Cc1ccco1)C(=O)O. The molecule has 2 heterocycles. The van der Waals surface area contributed by atoms with Crippen molar-refractivity contribution in [3.05, 3.63) is 96.1 Å². The predicted molar refractivity (Wildman–Crippen MR) is 126 cm³/mol. The van der Waals surface area contributed by atoms with Gasteiger partial charge in [-0.2, -0.15) is 0 Å². The van der Waals surface area contributed by atoms with Gasteiger partial charge >= 0.3 is 6.09 Å². The number of benzene rings is 2. The lowest BCUT2D eigenvalue weighted by molar-refractivity contribution is -0.132. The Hall–Kier alpha value is -4.00. The van der Waals surface area contributed by atoms with E-state index in [0.29, 0.717) is 18.7 Å². The Morgan fingerprint density at radius 1 is 1.06 bits per heavy atom. The molecule has 0 aliphatic heterocycles. The van der Waals surface area contributed by atoms with Gasteiger partial charge in [-0.15, -0.1) is 0 Å².